The highest BCUT2D eigenvalue weighted by Gasteiger charge is 2.43. The molecule has 1 aromatic rings. The first kappa shape index (κ1) is 15.3. The highest BCUT2D eigenvalue weighted by Crippen LogP contribution is 2.53. The number of hydrogen-bond donors (Lipinski definition) is 1. The Morgan fingerprint density at radius 3 is 2.53 bits per heavy atom. The molecule has 0 aromatic carbocycles. The van der Waals surface area contributed by atoms with Crippen molar-refractivity contribution in [2.24, 2.45) is 11.3 Å². The lowest BCUT2D eigenvalue weighted by Gasteiger charge is -2.39. The third-order valence-electron chi connectivity index (χ3n) is 4.34. The molecule has 3 heteroatoms. The van der Waals surface area contributed by atoms with Crippen LogP contribution in [0.15, 0.2) is 11.4 Å². The standard InChI is InChI=1S/C16H26ClNS/c1-4-18-15(14-13(17)7-10-19-14)16(11-12(2)3)8-5-6-9-16/h7,10,12,15,18H,4-6,8-9,11H2,1-3H3. The Labute approximate surface area is 126 Å². The second kappa shape index (κ2) is 6.60. The van der Waals surface area contributed by atoms with Crippen LogP contribution in [0.5, 0.6) is 0 Å². The van der Waals surface area contributed by atoms with E-state index in [1.807, 2.05) is 17.4 Å². The van der Waals surface area contributed by atoms with Crippen molar-refractivity contribution in [1.29, 1.82) is 0 Å². The van der Waals surface area contributed by atoms with E-state index in [0.29, 0.717) is 11.5 Å². The zero-order chi connectivity index (χ0) is 13.9. The fourth-order valence-corrected chi connectivity index (χ4v) is 5.19. The lowest BCUT2D eigenvalue weighted by Crippen LogP contribution is -2.37. The van der Waals surface area contributed by atoms with Crippen LogP contribution in [0, 0.1) is 11.3 Å². The quantitative estimate of drug-likeness (QED) is 0.715. The Balaban J connectivity index is 2.32. The summed E-state index contributed by atoms with van der Waals surface area (Å²) < 4.78 is 0. The number of hydrogen-bond acceptors (Lipinski definition) is 2. The van der Waals surface area contributed by atoms with Crippen LogP contribution in [0.1, 0.15) is 63.8 Å². The summed E-state index contributed by atoms with van der Waals surface area (Å²) in [6.45, 7) is 7.91. The summed E-state index contributed by atoms with van der Waals surface area (Å²) in [5, 5.41) is 6.81. The van der Waals surface area contributed by atoms with E-state index in [0.717, 1.165) is 17.5 Å². The summed E-state index contributed by atoms with van der Waals surface area (Å²) >= 11 is 8.23. The molecule has 1 aliphatic carbocycles. The SMILES string of the molecule is CCNC(c1sccc1Cl)C1(CC(C)C)CCCC1. The molecule has 2 rings (SSSR count). The van der Waals surface area contributed by atoms with Gasteiger partial charge in [-0.2, -0.15) is 0 Å². The molecule has 1 saturated carbocycles. The van der Waals surface area contributed by atoms with Crippen molar-refractivity contribution < 1.29 is 0 Å². The summed E-state index contributed by atoms with van der Waals surface area (Å²) in [5.74, 6) is 0.748. The molecule has 1 aliphatic rings. The highest BCUT2D eigenvalue weighted by atomic mass is 35.5. The van der Waals surface area contributed by atoms with Gasteiger partial charge in [-0.05, 0) is 48.6 Å². The maximum atomic E-state index is 6.42. The predicted molar refractivity (Wildman–Crippen MR) is 86.1 cm³/mol. The van der Waals surface area contributed by atoms with E-state index in [4.69, 9.17) is 11.6 Å². The Morgan fingerprint density at radius 1 is 1.37 bits per heavy atom. The third-order valence-corrected chi connectivity index (χ3v) is 5.77. The normalized spacial score (nSPS) is 20.1. The summed E-state index contributed by atoms with van der Waals surface area (Å²) in [6, 6.07) is 2.49. The molecule has 1 atom stereocenters. The van der Waals surface area contributed by atoms with Gasteiger partial charge in [-0.3, -0.25) is 0 Å². The number of halogens is 1. The first-order valence-corrected chi connectivity index (χ1v) is 8.81. The molecule has 1 fully saturated rings. The maximum absolute atomic E-state index is 6.42. The van der Waals surface area contributed by atoms with Crippen LogP contribution in [-0.2, 0) is 0 Å². The van der Waals surface area contributed by atoms with Gasteiger partial charge in [0.05, 0.1) is 5.02 Å². The first-order chi connectivity index (χ1) is 9.09. The van der Waals surface area contributed by atoms with Gasteiger partial charge in [-0.1, -0.05) is 45.2 Å². The molecule has 0 aliphatic heterocycles. The van der Waals surface area contributed by atoms with Crippen LogP contribution in [0.3, 0.4) is 0 Å². The number of rotatable bonds is 6. The molecule has 1 N–H and O–H groups in total. The van der Waals surface area contributed by atoms with Crippen LogP contribution in [0.2, 0.25) is 5.02 Å². The molecule has 0 radical (unpaired) electrons. The maximum Gasteiger partial charge on any atom is 0.0561 e. The van der Waals surface area contributed by atoms with Gasteiger partial charge in [0.2, 0.25) is 0 Å². The van der Waals surface area contributed by atoms with E-state index >= 15 is 0 Å². The van der Waals surface area contributed by atoms with Gasteiger partial charge in [-0.25, -0.2) is 0 Å². The minimum Gasteiger partial charge on any atom is -0.309 e. The summed E-state index contributed by atoms with van der Waals surface area (Å²) in [5.41, 5.74) is 0.415. The highest BCUT2D eigenvalue weighted by molar-refractivity contribution is 7.10. The van der Waals surface area contributed by atoms with Crippen molar-refractivity contribution in [2.45, 2.75) is 58.9 Å². The van der Waals surface area contributed by atoms with Gasteiger partial charge in [0.1, 0.15) is 0 Å². The second-order valence-electron chi connectivity index (χ2n) is 6.29. The van der Waals surface area contributed by atoms with Crippen molar-refractivity contribution >= 4 is 22.9 Å². The Morgan fingerprint density at radius 2 is 2.05 bits per heavy atom. The summed E-state index contributed by atoms with van der Waals surface area (Å²) in [4.78, 5) is 1.35. The monoisotopic (exact) mass is 299 g/mol. The molecule has 0 saturated heterocycles. The molecule has 19 heavy (non-hydrogen) atoms. The van der Waals surface area contributed by atoms with Crippen molar-refractivity contribution in [3.05, 3.63) is 21.3 Å². The van der Waals surface area contributed by atoms with Crippen LogP contribution in [0.25, 0.3) is 0 Å². The number of thiophene rings is 1. The predicted octanol–water partition coefficient (Wildman–Crippen LogP) is 5.66. The molecule has 1 aromatic heterocycles. The van der Waals surface area contributed by atoms with Gasteiger partial charge in [0.25, 0.3) is 0 Å². The first-order valence-electron chi connectivity index (χ1n) is 7.55. The van der Waals surface area contributed by atoms with E-state index in [9.17, 15) is 0 Å². The third kappa shape index (κ3) is 3.34. The van der Waals surface area contributed by atoms with Crippen LogP contribution >= 0.6 is 22.9 Å². The zero-order valence-electron chi connectivity index (χ0n) is 12.3. The van der Waals surface area contributed by atoms with Crippen LogP contribution in [0.4, 0.5) is 0 Å². The average Bonchev–Trinajstić information content (AvgIpc) is 2.96. The smallest absolute Gasteiger partial charge is 0.0561 e. The molecular formula is C16H26ClNS. The van der Waals surface area contributed by atoms with Crippen LogP contribution in [-0.4, -0.2) is 6.54 Å². The largest absolute Gasteiger partial charge is 0.309 e. The van der Waals surface area contributed by atoms with Gasteiger partial charge in [0.15, 0.2) is 0 Å². The fraction of sp³-hybridized carbons (Fsp3) is 0.750. The van der Waals surface area contributed by atoms with Gasteiger partial charge >= 0.3 is 0 Å². The summed E-state index contributed by atoms with van der Waals surface area (Å²) in [7, 11) is 0. The lowest BCUT2D eigenvalue weighted by atomic mass is 9.72. The average molecular weight is 300 g/mol. The van der Waals surface area contributed by atoms with Gasteiger partial charge in [-0.15, -0.1) is 11.3 Å². The van der Waals surface area contributed by atoms with Gasteiger partial charge < -0.3 is 5.32 Å². The second-order valence-corrected chi connectivity index (χ2v) is 7.65. The minimum atomic E-state index is 0.415. The van der Waals surface area contributed by atoms with E-state index in [2.05, 4.69) is 31.5 Å². The Bertz CT molecular complexity index is 393. The van der Waals surface area contributed by atoms with E-state index in [1.165, 1.54) is 37.0 Å². The molecule has 0 bridgehead atoms. The topological polar surface area (TPSA) is 12.0 Å². The van der Waals surface area contributed by atoms with Crippen molar-refractivity contribution in [1.82, 2.24) is 5.32 Å². The molecule has 0 amide bonds. The van der Waals surface area contributed by atoms with Crippen molar-refractivity contribution in [3.63, 3.8) is 0 Å². The molecule has 0 spiro atoms. The summed E-state index contributed by atoms with van der Waals surface area (Å²) in [6.07, 6.45) is 6.74. The lowest BCUT2D eigenvalue weighted by molar-refractivity contribution is 0.159. The molecule has 1 unspecified atom stereocenters. The van der Waals surface area contributed by atoms with Gasteiger partial charge in [0, 0.05) is 10.9 Å². The van der Waals surface area contributed by atoms with E-state index < -0.39 is 0 Å². The van der Waals surface area contributed by atoms with Crippen molar-refractivity contribution in [2.75, 3.05) is 6.54 Å². The fourth-order valence-electron chi connectivity index (χ4n) is 3.81. The molecular weight excluding hydrogens is 274 g/mol. The van der Waals surface area contributed by atoms with Crippen molar-refractivity contribution in [3.8, 4) is 0 Å². The Hall–Kier alpha value is -0.0500. The number of nitrogens with one attached hydrogen (secondary N) is 1. The minimum absolute atomic E-state index is 0.415. The molecule has 1 heterocycles. The van der Waals surface area contributed by atoms with E-state index in [-0.39, 0.29) is 0 Å². The molecule has 108 valence electrons. The Kier molecular flexibility index (Phi) is 5.33. The van der Waals surface area contributed by atoms with Crippen LogP contribution < -0.4 is 5.32 Å². The van der Waals surface area contributed by atoms with E-state index in [1.54, 1.807) is 0 Å². The zero-order valence-corrected chi connectivity index (χ0v) is 13.9. The molecule has 1 nitrogen and oxygen atoms in total.